The first-order valence-corrected chi connectivity index (χ1v) is 5.54. The second kappa shape index (κ2) is 4.34. The van der Waals surface area contributed by atoms with Crippen LogP contribution in [0.25, 0.3) is 0 Å². The number of anilines is 1. The summed E-state index contributed by atoms with van der Waals surface area (Å²) < 4.78 is 1.98. The molecule has 0 spiro atoms. The summed E-state index contributed by atoms with van der Waals surface area (Å²) in [6.45, 7) is 6.07. The SMILES string of the molecule is Cc1ccc(C#N)c(Nn2c(C)ccc2C)c1. The Hall–Kier alpha value is -2.21. The minimum atomic E-state index is 0.656. The maximum Gasteiger partial charge on any atom is 0.101 e. The first kappa shape index (κ1) is 11.3. The molecule has 2 aromatic rings. The van der Waals surface area contributed by atoms with Gasteiger partial charge in [0.2, 0.25) is 0 Å². The van der Waals surface area contributed by atoms with E-state index in [2.05, 4.69) is 11.5 Å². The fourth-order valence-corrected chi connectivity index (χ4v) is 1.81. The molecule has 0 saturated carbocycles. The van der Waals surface area contributed by atoms with E-state index in [0.29, 0.717) is 5.56 Å². The summed E-state index contributed by atoms with van der Waals surface area (Å²) >= 11 is 0. The normalized spacial score (nSPS) is 10.0. The van der Waals surface area contributed by atoms with Gasteiger partial charge in [-0.25, -0.2) is 0 Å². The molecule has 1 aromatic heterocycles. The van der Waals surface area contributed by atoms with E-state index < -0.39 is 0 Å². The van der Waals surface area contributed by atoms with Crippen molar-refractivity contribution in [1.82, 2.24) is 4.68 Å². The third-order valence-corrected chi connectivity index (χ3v) is 2.80. The second-order valence-corrected chi connectivity index (χ2v) is 4.22. The van der Waals surface area contributed by atoms with Crippen LogP contribution in [0.4, 0.5) is 5.69 Å². The molecule has 86 valence electrons. The van der Waals surface area contributed by atoms with E-state index in [1.165, 1.54) is 0 Å². The van der Waals surface area contributed by atoms with Crippen LogP contribution in [0.3, 0.4) is 0 Å². The molecule has 0 fully saturated rings. The van der Waals surface area contributed by atoms with Gasteiger partial charge in [-0.1, -0.05) is 6.07 Å². The predicted octanol–water partition coefficient (Wildman–Crippen LogP) is 3.16. The van der Waals surface area contributed by atoms with Gasteiger partial charge in [0.15, 0.2) is 0 Å². The van der Waals surface area contributed by atoms with Gasteiger partial charge in [-0.05, 0) is 50.6 Å². The lowest BCUT2D eigenvalue weighted by molar-refractivity contribution is 0.880. The van der Waals surface area contributed by atoms with Gasteiger partial charge in [-0.3, -0.25) is 10.1 Å². The lowest BCUT2D eigenvalue weighted by Gasteiger charge is -2.14. The van der Waals surface area contributed by atoms with Crippen molar-refractivity contribution in [3.8, 4) is 6.07 Å². The van der Waals surface area contributed by atoms with Crippen molar-refractivity contribution in [3.05, 3.63) is 52.8 Å². The highest BCUT2D eigenvalue weighted by molar-refractivity contribution is 5.59. The molecule has 0 radical (unpaired) electrons. The summed E-state index contributed by atoms with van der Waals surface area (Å²) in [6.07, 6.45) is 0. The number of aromatic nitrogens is 1. The molecule has 3 heteroatoms. The lowest BCUT2D eigenvalue weighted by Crippen LogP contribution is -2.13. The average Bonchev–Trinajstić information content (AvgIpc) is 2.61. The summed E-state index contributed by atoms with van der Waals surface area (Å²) in [5.74, 6) is 0. The van der Waals surface area contributed by atoms with Gasteiger partial charge in [0.1, 0.15) is 6.07 Å². The Morgan fingerprint density at radius 2 is 1.71 bits per heavy atom. The number of rotatable bonds is 2. The van der Waals surface area contributed by atoms with Crippen LogP contribution < -0.4 is 5.43 Å². The quantitative estimate of drug-likeness (QED) is 0.852. The highest BCUT2D eigenvalue weighted by Crippen LogP contribution is 2.18. The van der Waals surface area contributed by atoms with Gasteiger partial charge in [0.05, 0.1) is 11.3 Å². The van der Waals surface area contributed by atoms with Gasteiger partial charge in [-0.2, -0.15) is 5.26 Å². The van der Waals surface area contributed by atoms with E-state index in [-0.39, 0.29) is 0 Å². The minimum Gasteiger partial charge on any atom is -0.293 e. The zero-order valence-corrected chi connectivity index (χ0v) is 10.3. The molecule has 0 aliphatic carbocycles. The summed E-state index contributed by atoms with van der Waals surface area (Å²) in [7, 11) is 0. The smallest absolute Gasteiger partial charge is 0.101 e. The standard InChI is InChI=1S/C14H15N3/c1-10-4-7-13(9-15)14(8-10)16-17-11(2)5-6-12(17)3/h4-8,16H,1-3H3. The first-order valence-electron chi connectivity index (χ1n) is 5.54. The van der Waals surface area contributed by atoms with E-state index in [1.54, 1.807) is 0 Å². The van der Waals surface area contributed by atoms with Crippen molar-refractivity contribution in [3.63, 3.8) is 0 Å². The fourth-order valence-electron chi connectivity index (χ4n) is 1.81. The van der Waals surface area contributed by atoms with Crippen molar-refractivity contribution in [1.29, 1.82) is 5.26 Å². The topological polar surface area (TPSA) is 40.8 Å². The summed E-state index contributed by atoms with van der Waals surface area (Å²) in [4.78, 5) is 0. The van der Waals surface area contributed by atoms with Gasteiger partial charge in [0.25, 0.3) is 0 Å². The van der Waals surface area contributed by atoms with Crippen molar-refractivity contribution in [2.24, 2.45) is 0 Å². The Bertz CT molecular complexity index is 569. The fraction of sp³-hybridized carbons (Fsp3) is 0.214. The van der Waals surface area contributed by atoms with Crippen molar-refractivity contribution < 1.29 is 0 Å². The van der Waals surface area contributed by atoms with Crippen LogP contribution in [-0.2, 0) is 0 Å². The van der Waals surface area contributed by atoms with Crippen LogP contribution in [-0.4, -0.2) is 4.68 Å². The van der Waals surface area contributed by atoms with Crippen LogP contribution in [0, 0.1) is 32.1 Å². The third kappa shape index (κ3) is 2.16. The van der Waals surface area contributed by atoms with E-state index in [1.807, 2.05) is 55.8 Å². The molecule has 2 rings (SSSR count). The Morgan fingerprint density at radius 3 is 2.29 bits per heavy atom. The number of nitrogens with one attached hydrogen (secondary N) is 1. The van der Waals surface area contributed by atoms with Crippen molar-refractivity contribution in [2.45, 2.75) is 20.8 Å². The zero-order chi connectivity index (χ0) is 12.4. The minimum absolute atomic E-state index is 0.656. The van der Waals surface area contributed by atoms with Crippen LogP contribution >= 0.6 is 0 Å². The number of nitrogens with zero attached hydrogens (tertiary/aromatic N) is 2. The maximum atomic E-state index is 9.08. The van der Waals surface area contributed by atoms with E-state index in [4.69, 9.17) is 5.26 Å². The van der Waals surface area contributed by atoms with Crippen LogP contribution in [0.2, 0.25) is 0 Å². The number of hydrogen-bond donors (Lipinski definition) is 1. The molecule has 3 nitrogen and oxygen atoms in total. The Kier molecular flexibility index (Phi) is 2.88. The van der Waals surface area contributed by atoms with Crippen LogP contribution in [0.5, 0.6) is 0 Å². The molecule has 1 N–H and O–H groups in total. The monoisotopic (exact) mass is 225 g/mol. The summed E-state index contributed by atoms with van der Waals surface area (Å²) in [6, 6.07) is 12.1. The molecule has 0 aliphatic rings. The molecule has 0 amide bonds. The van der Waals surface area contributed by atoms with Crippen molar-refractivity contribution in [2.75, 3.05) is 5.43 Å². The number of hydrogen-bond acceptors (Lipinski definition) is 2. The molecule has 1 heterocycles. The first-order chi connectivity index (χ1) is 8.11. The highest BCUT2D eigenvalue weighted by Gasteiger charge is 2.05. The van der Waals surface area contributed by atoms with E-state index in [9.17, 15) is 0 Å². The Morgan fingerprint density at radius 1 is 1.06 bits per heavy atom. The van der Waals surface area contributed by atoms with Gasteiger partial charge < -0.3 is 0 Å². The Balaban J connectivity index is 2.43. The molecule has 0 bridgehead atoms. The zero-order valence-electron chi connectivity index (χ0n) is 10.3. The number of benzene rings is 1. The summed E-state index contributed by atoms with van der Waals surface area (Å²) in [5.41, 5.74) is 8.14. The molecule has 1 aromatic carbocycles. The molecule has 0 aliphatic heterocycles. The van der Waals surface area contributed by atoms with Crippen LogP contribution in [0.15, 0.2) is 30.3 Å². The van der Waals surface area contributed by atoms with Gasteiger partial charge in [0, 0.05) is 11.4 Å². The van der Waals surface area contributed by atoms with E-state index in [0.717, 1.165) is 22.6 Å². The molecule has 0 atom stereocenters. The largest absolute Gasteiger partial charge is 0.293 e. The predicted molar refractivity (Wildman–Crippen MR) is 68.8 cm³/mol. The van der Waals surface area contributed by atoms with Crippen LogP contribution in [0.1, 0.15) is 22.5 Å². The number of nitriles is 1. The molecule has 17 heavy (non-hydrogen) atoms. The molecular formula is C14H15N3. The second-order valence-electron chi connectivity index (χ2n) is 4.22. The van der Waals surface area contributed by atoms with Gasteiger partial charge in [-0.15, -0.1) is 0 Å². The number of aryl methyl sites for hydroxylation is 3. The molecule has 0 saturated heterocycles. The van der Waals surface area contributed by atoms with Gasteiger partial charge >= 0.3 is 0 Å². The average molecular weight is 225 g/mol. The lowest BCUT2D eigenvalue weighted by atomic mass is 10.1. The Labute approximate surface area is 101 Å². The van der Waals surface area contributed by atoms with E-state index >= 15 is 0 Å². The summed E-state index contributed by atoms with van der Waals surface area (Å²) in [5, 5.41) is 9.08. The maximum absolute atomic E-state index is 9.08. The third-order valence-electron chi connectivity index (χ3n) is 2.80. The highest BCUT2D eigenvalue weighted by atomic mass is 15.4. The molecule has 0 unspecified atom stereocenters. The van der Waals surface area contributed by atoms with Crippen molar-refractivity contribution >= 4 is 5.69 Å². The molecular weight excluding hydrogens is 210 g/mol.